The van der Waals surface area contributed by atoms with Gasteiger partial charge in [0.2, 0.25) is 0 Å². The second-order valence-electron chi connectivity index (χ2n) is 4.77. The Labute approximate surface area is 107 Å². The van der Waals surface area contributed by atoms with Gasteiger partial charge in [0, 0.05) is 0 Å². The van der Waals surface area contributed by atoms with Crippen molar-refractivity contribution in [2.45, 2.75) is 26.4 Å². The van der Waals surface area contributed by atoms with Gasteiger partial charge < -0.3 is 19.9 Å². The van der Waals surface area contributed by atoms with E-state index in [0.29, 0.717) is 18.9 Å². The first kappa shape index (κ1) is 14.2. The molecule has 0 aliphatic rings. The molecule has 0 aliphatic carbocycles. The maximum absolute atomic E-state index is 11.3. The largest absolute Gasteiger partial charge is 0.508 e. The van der Waals surface area contributed by atoms with E-state index in [0.717, 1.165) is 0 Å². The molecule has 100 valence electrons. The van der Waals surface area contributed by atoms with Gasteiger partial charge in [0.15, 0.2) is 0 Å². The third-order valence-corrected chi connectivity index (χ3v) is 1.88. The molecule has 0 atom stereocenters. The summed E-state index contributed by atoms with van der Waals surface area (Å²) >= 11 is 0. The normalized spacial score (nSPS) is 10.8. The molecular formula is C13H19NO4. The number of ether oxygens (including phenoxy) is 2. The Hall–Kier alpha value is -1.91. The summed E-state index contributed by atoms with van der Waals surface area (Å²) in [6.07, 6.45) is -0.461. The molecule has 0 aliphatic heterocycles. The van der Waals surface area contributed by atoms with Gasteiger partial charge in [-0.1, -0.05) is 0 Å². The summed E-state index contributed by atoms with van der Waals surface area (Å²) in [6, 6.07) is 6.39. The van der Waals surface area contributed by atoms with Crippen LogP contribution in [0.1, 0.15) is 20.8 Å². The predicted molar refractivity (Wildman–Crippen MR) is 67.8 cm³/mol. The average molecular weight is 253 g/mol. The molecule has 0 bridgehead atoms. The number of benzene rings is 1. The Morgan fingerprint density at radius 2 is 1.89 bits per heavy atom. The number of carbonyl (C=O) groups excluding carboxylic acids is 1. The zero-order valence-corrected chi connectivity index (χ0v) is 10.9. The van der Waals surface area contributed by atoms with E-state index in [1.54, 1.807) is 32.9 Å². The number of amides is 1. The average Bonchev–Trinajstić information content (AvgIpc) is 2.24. The van der Waals surface area contributed by atoms with Crippen molar-refractivity contribution in [3.8, 4) is 11.5 Å². The summed E-state index contributed by atoms with van der Waals surface area (Å²) in [5.74, 6) is 0.827. The minimum absolute atomic E-state index is 0.189. The van der Waals surface area contributed by atoms with Gasteiger partial charge in [0.05, 0.1) is 6.54 Å². The second-order valence-corrected chi connectivity index (χ2v) is 4.77. The van der Waals surface area contributed by atoms with Crippen LogP contribution in [-0.2, 0) is 4.74 Å². The lowest BCUT2D eigenvalue weighted by Gasteiger charge is -2.19. The molecule has 1 amide bonds. The molecule has 0 radical (unpaired) electrons. The van der Waals surface area contributed by atoms with Crippen LogP contribution in [0.25, 0.3) is 0 Å². The van der Waals surface area contributed by atoms with Crippen LogP contribution < -0.4 is 10.1 Å². The topological polar surface area (TPSA) is 67.8 Å². The number of hydrogen-bond donors (Lipinski definition) is 2. The number of rotatable bonds is 4. The van der Waals surface area contributed by atoms with Crippen LogP contribution in [-0.4, -0.2) is 30.0 Å². The molecule has 1 aromatic carbocycles. The van der Waals surface area contributed by atoms with Crippen molar-refractivity contribution in [2.24, 2.45) is 0 Å². The van der Waals surface area contributed by atoms with E-state index in [1.165, 1.54) is 12.1 Å². The van der Waals surface area contributed by atoms with E-state index < -0.39 is 11.7 Å². The van der Waals surface area contributed by atoms with Gasteiger partial charge in [0.25, 0.3) is 0 Å². The van der Waals surface area contributed by atoms with Crippen LogP contribution in [0.4, 0.5) is 4.79 Å². The first-order chi connectivity index (χ1) is 8.37. The maximum Gasteiger partial charge on any atom is 0.407 e. The minimum atomic E-state index is -0.498. The van der Waals surface area contributed by atoms with Crippen LogP contribution >= 0.6 is 0 Å². The van der Waals surface area contributed by atoms with Gasteiger partial charge in [-0.15, -0.1) is 0 Å². The van der Waals surface area contributed by atoms with Crippen molar-refractivity contribution in [1.29, 1.82) is 0 Å². The fourth-order valence-corrected chi connectivity index (χ4v) is 1.18. The highest BCUT2D eigenvalue weighted by molar-refractivity contribution is 5.67. The van der Waals surface area contributed by atoms with Crippen molar-refractivity contribution in [1.82, 2.24) is 5.32 Å². The molecule has 5 heteroatoms. The first-order valence-electron chi connectivity index (χ1n) is 5.75. The van der Waals surface area contributed by atoms with Crippen molar-refractivity contribution < 1.29 is 19.4 Å². The Bertz CT molecular complexity index is 381. The lowest BCUT2D eigenvalue weighted by molar-refractivity contribution is 0.0520. The number of aromatic hydroxyl groups is 1. The third kappa shape index (κ3) is 5.98. The summed E-state index contributed by atoms with van der Waals surface area (Å²) < 4.78 is 10.4. The standard InChI is InChI=1S/C13H19NO4/c1-13(2,3)18-12(16)14-8-9-17-11-6-4-10(15)5-7-11/h4-7,15H,8-9H2,1-3H3,(H,14,16). The van der Waals surface area contributed by atoms with Crippen molar-refractivity contribution in [2.75, 3.05) is 13.2 Å². The molecular weight excluding hydrogens is 234 g/mol. The molecule has 0 heterocycles. The van der Waals surface area contributed by atoms with Crippen molar-refractivity contribution in [3.05, 3.63) is 24.3 Å². The van der Waals surface area contributed by atoms with E-state index >= 15 is 0 Å². The summed E-state index contributed by atoms with van der Waals surface area (Å²) in [6.45, 7) is 6.11. The molecule has 1 rings (SSSR count). The van der Waals surface area contributed by atoms with Gasteiger partial charge in [-0.3, -0.25) is 0 Å². The van der Waals surface area contributed by atoms with E-state index in [-0.39, 0.29) is 5.75 Å². The van der Waals surface area contributed by atoms with E-state index in [9.17, 15) is 4.79 Å². The van der Waals surface area contributed by atoms with Crippen molar-refractivity contribution >= 4 is 6.09 Å². The van der Waals surface area contributed by atoms with Crippen LogP contribution in [0.3, 0.4) is 0 Å². The molecule has 0 saturated carbocycles. The van der Waals surface area contributed by atoms with Gasteiger partial charge in [-0.25, -0.2) is 4.79 Å². The van der Waals surface area contributed by atoms with E-state index in [4.69, 9.17) is 14.6 Å². The Kier molecular flexibility index (Phi) is 4.83. The quantitative estimate of drug-likeness (QED) is 0.808. The maximum atomic E-state index is 11.3. The monoisotopic (exact) mass is 253 g/mol. The zero-order chi connectivity index (χ0) is 13.6. The summed E-state index contributed by atoms with van der Waals surface area (Å²) in [7, 11) is 0. The molecule has 0 spiro atoms. The highest BCUT2D eigenvalue weighted by Crippen LogP contribution is 2.15. The third-order valence-electron chi connectivity index (χ3n) is 1.88. The fourth-order valence-electron chi connectivity index (χ4n) is 1.18. The van der Waals surface area contributed by atoms with Crippen LogP contribution in [0, 0.1) is 0 Å². The summed E-state index contributed by atoms with van der Waals surface area (Å²) in [4.78, 5) is 11.3. The molecule has 2 N–H and O–H groups in total. The van der Waals surface area contributed by atoms with Gasteiger partial charge >= 0.3 is 6.09 Å². The number of phenols is 1. The molecule has 0 fully saturated rings. The lowest BCUT2D eigenvalue weighted by Crippen LogP contribution is -2.34. The Balaban J connectivity index is 2.19. The summed E-state index contributed by atoms with van der Waals surface area (Å²) in [5, 5.41) is 11.7. The van der Waals surface area contributed by atoms with E-state index in [1.807, 2.05) is 0 Å². The molecule has 18 heavy (non-hydrogen) atoms. The number of alkyl carbamates (subject to hydrolysis) is 1. The number of hydrogen-bond acceptors (Lipinski definition) is 4. The first-order valence-corrected chi connectivity index (χ1v) is 5.75. The molecule has 5 nitrogen and oxygen atoms in total. The fraction of sp³-hybridized carbons (Fsp3) is 0.462. The molecule has 0 saturated heterocycles. The zero-order valence-electron chi connectivity index (χ0n) is 10.9. The molecule has 1 aromatic rings. The van der Waals surface area contributed by atoms with Gasteiger partial charge in [0.1, 0.15) is 23.7 Å². The highest BCUT2D eigenvalue weighted by Gasteiger charge is 2.15. The summed E-state index contributed by atoms with van der Waals surface area (Å²) in [5.41, 5.74) is -0.498. The Morgan fingerprint density at radius 3 is 2.44 bits per heavy atom. The van der Waals surface area contributed by atoms with Gasteiger partial charge in [-0.05, 0) is 45.0 Å². The number of phenolic OH excluding ortho intramolecular Hbond substituents is 1. The van der Waals surface area contributed by atoms with Crippen LogP contribution in [0.2, 0.25) is 0 Å². The molecule has 0 unspecified atom stereocenters. The molecule has 0 aromatic heterocycles. The lowest BCUT2D eigenvalue weighted by atomic mass is 10.2. The smallest absolute Gasteiger partial charge is 0.407 e. The van der Waals surface area contributed by atoms with E-state index in [2.05, 4.69) is 5.32 Å². The van der Waals surface area contributed by atoms with Crippen molar-refractivity contribution in [3.63, 3.8) is 0 Å². The minimum Gasteiger partial charge on any atom is -0.508 e. The number of carbonyl (C=O) groups is 1. The number of nitrogens with one attached hydrogen (secondary N) is 1. The Morgan fingerprint density at radius 1 is 1.28 bits per heavy atom. The SMILES string of the molecule is CC(C)(C)OC(=O)NCCOc1ccc(O)cc1. The van der Waals surface area contributed by atoms with Crippen LogP contribution in [0.5, 0.6) is 11.5 Å². The van der Waals surface area contributed by atoms with Gasteiger partial charge in [-0.2, -0.15) is 0 Å². The second kappa shape index (κ2) is 6.14. The van der Waals surface area contributed by atoms with Crippen LogP contribution in [0.15, 0.2) is 24.3 Å². The highest BCUT2D eigenvalue weighted by atomic mass is 16.6. The predicted octanol–water partition coefficient (Wildman–Crippen LogP) is 2.30.